The van der Waals surface area contributed by atoms with Crippen LogP contribution in [0.15, 0.2) is 65.7 Å². The van der Waals surface area contributed by atoms with Gasteiger partial charge in [0.05, 0.1) is 37.5 Å². The van der Waals surface area contributed by atoms with Crippen molar-refractivity contribution < 1.29 is 27.9 Å². The molecule has 2 aliphatic rings. The van der Waals surface area contributed by atoms with E-state index in [2.05, 4.69) is 44.0 Å². The number of aromatic nitrogens is 2. The Hall–Kier alpha value is -3.96. The number of rotatable bonds is 8. The van der Waals surface area contributed by atoms with E-state index in [0.717, 1.165) is 22.5 Å². The third kappa shape index (κ3) is 5.78. The topological polar surface area (TPSA) is 87.4 Å². The summed E-state index contributed by atoms with van der Waals surface area (Å²) in [7, 11) is -0.585. The second kappa shape index (κ2) is 11.9. The molecule has 44 heavy (non-hydrogen) atoms. The Labute approximate surface area is 259 Å². The number of hydrogen-bond donors (Lipinski definition) is 0. The number of ether oxygens (including phenoxy) is 2. The Morgan fingerprint density at radius 2 is 1.93 bits per heavy atom. The summed E-state index contributed by atoms with van der Waals surface area (Å²) in [4.78, 5) is 26.0. The molecule has 2 aromatic carbocycles. The summed E-state index contributed by atoms with van der Waals surface area (Å²) in [5.74, 6) is 0.133. The van der Waals surface area contributed by atoms with Crippen LogP contribution in [0.2, 0.25) is 18.1 Å². The summed E-state index contributed by atoms with van der Waals surface area (Å²) in [5, 5.41) is 4.44. The Bertz CT molecular complexity index is 1590. The van der Waals surface area contributed by atoms with Crippen LogP contribution in [0.4, 0.5) is 4.39 Å². The third-order valence-electron chi connectivity index (χ3n) is 8.61. The highest BCUT2D eigenvalue weighted by molar-refractivity contribution is 6.74. The van der Waals surface area contributed by atoms with Crippen molar-refractivity contribution in [1.29, 1.82) is 0 Å². The lowest BCUT2D eigenvalue weighted by Gasteiger charge is -2.45. The van der Waals surface area contributed by atoms with E-state index in [1.165, 1.54) is 24.3 Å². The zero-order chi connectivity index (χ0) is 31.9. The zero-order valence-corrected chi connectivity index (χ0v) is 27.7. The maximum Gasteiger partial charge on any atom is 0.380 e. The summed E-state index contributed by atoms with van der Waals surface area (Å²) >= 11 is 0. The lowest BCUT2D eigenvalue weighted by Crippen LogP contribution is -2.59. The molecule has 3 aromatic rings. The van der Waals surface area contributed by atoms with Gasteiger partial charge in [0.15, 0.2) is 14.2 Å². The van der Waals surface area contributed by atoms with Crippen molar-refractivity contribution in [2.45, 2.75) is 71.0 Å². The molecule has 2 aliphatic heterocycles. The number of oxime groups is 1. The fourth-order valence-electron chi connectivity index (χ4n) is 5.33. The van der Waals surface area contributed by atoms with Gasteiger partial charge in [-0.15, -0.1) is 0 Å². The Kier molecular flexibility index (Phi) is 8.47. The number of halogens is 1. The first kappa shape index (κ1) is 31.5. The minimum absolute atomic E-state index is 0.0309. The van der Waals surface area contributed by atoms with Gasteiger partial charge >= 0.3 is 11.7 Å². The molecule has 0 aliphatic carbocycles. The van der Waals surface area contributed by atoms with Gasteiger partial charge in [0.25, 0.3) is 0 Å². The number of imidazole rings is 1. The summed E-state index contributed by atoms with van der Waals surface area (Å²) in [5.41, 5.74) is 2.17. The first-order chi connectivity index (χ1) is 20.8. The molecule has 1 aromatic heterocycles. The first-order valence-electron chi connectivity index (χ1n) is 14.8. The lowest BCUT2D eigenvalue weighted by atomic mass is 9.93. The van der Waals surface area contributed by atoms with Gasteiger partial charge in [-0.3, -0.25) is 4.90 Å². The number of nitrogens with zero attached hydrogens (tertiary/aromatic N) is 4. The molecule has 5 rings (SSSR count). The molecule has 234 valence electrons. The second-order valence-electron chi connectivity index (χ2n) is 12.7. The van der Waals surface area contributed by atoms with E-state index < -0.39 is 25.8 Å². The van der Waals surface area contributed by atoms with E-state index in [4.69, 9.17) is 18.7 Å². The van der Waals surface area contributed by atoms with Gasteiger partial charge in [-0.25, -0.2) is 14.2 Å². The molecule has 0 spiro atoms. The number of carbonyl (C=O) groups is 1. The van der Waals surface area contributed by atoms with Gasteiger partial charge in [0, 0.05) is 30.3 Å². The van der Waals surface area contributed by atoms with Gasteiger partial charge in [-0.1, -0.05) is 32.0 Å². The fourth-order valence-corrected chi connectivity index (χ4v) is 6.68. The van der Waals surface area contributed by atoms with Crippen molar-refractivity contribution in [3.63, 3.8) is 0 Å². The highest BCUT2D eigenvalue weighted by Gasteiger charge is 2.58. The highest BCUT2D eigenvalue weighted by Crippen LogP contribution is 2.44. The van der Waals surface area contributed by atoms with Crippen LogP contribution < -0.4 is 4.74 Å². The minimum atomic E-state index is -2.22. The SMILES string of the molecule is CCOC(=O)[C@]1(c2ccc(F)cc2)ON=C2C(=Cc3ccc(-n4cnc(C)c4)c(OC)c3)C[C@@H](O[Si](C)(C)C(C)(C)C)CN21. The summed E-state index contributed by atoms with van der Waals surface area (Å²) in [6.45, 7) is 15.2. The first-order valence-corrected chi connectivity index (χ1v) is 17.7. The number of fused-ring (bicyclic) bond motifs is 1. The Balaban J connectivity index is 1.60. The van der Waals surface area contributed by atoms with E-state index in [-0.39, 0.29) is 17.7 Å². The molecule has 0 radical (unpaired) electrons. The number of esters is 1. The fraction of sp³-hybridized carbons (Fsp3) is 0.424. The van der Waals surface area contributed by atoms with Crippen LogP contribution in [0, 0.1) is 12.7 Å². The molecule has 1 fully saturated rings. The van der Waals surface area contributed by atoms with Gasteiger partial charge in [0.1, 0.15) is 11.6 Å². The predicted molar refractivity (Wildman–Crippen MR) is 169 cm³/mol. The van der Waals surface area contributed by atoms with E-state index in [1.54, 1.807) is 20.4 Å². The largest absolute Gasteiger partial charge is 0.495 e. The quantitative estimate of drug-likeness (QED) is 0.208. The number of benzene rings is 2. The summed E-state index contributed by atoms with van der Waals surface area (Å²) in [6, 6.07) is 11.6. The zero-order valence-electron chi connectivity index (χ0n) is 26.7. The molecule has 9 nitrogen and oxygen atoms in total. The molecular formula is C33H41FN4O5Si. The van der Waals surface area contributed by atoms with Gasteiger partial charge < -0.3 is 23.3 Å². The van der Waals surface area contributed by atoms with Crippen LogP contribution in [0.1, 0.15) is 50.9 Å². The summed E-state index contributed by atoms with van der Waals surface area (Å²) in [6.07, 6.45) is 5.99. The minimum Gasteiger partial charge on any atom is -0.495 e. The van der Waals surface area contributed by atoms with Crippen LogP contribution in [0.3, 0.4) is 0 Å². The molecule has 0 N–H and O–H groups in total. The second-order valence-corrected chi connectivity index (χ2v) is 17.5. The highest BCUT2D eigenvalue weighted by atomic mass is 28.4. The monoisotopic (exact) mass is 620 g/mol. The van der Waals surface area contributed by atoms with Crippen molar-refractivity contribution in [3.8, 4) is 11.4 Å². The van der Waals surface area contributed by atoms with E-state index >= 15 is 0 Å². The maximum absolute atomic E-state index is 14.0. The molecule has 0 amide bonds. The van der Waals surface area contributed by atoms with E-state index in [1.807, 2.05) is 46.9 Å². The third-order valence-corrected chi connectivity index (χ3v) is 13.1. The number of aryl methyl sites for hydroxylation is 1. The molecular weight excluding hydrogens is 579 g/mol. The average molecular weight is 621 g/mol. The van der Waals surface area contributed by atoms with Crippen LogP contribution >= 0.6 is 0 Å². The summed E-state index contributed by atoms with van der Waals surface area (Å²) < 4.78 is 34.2. The Morgan fingerprint density at radius 1 is 1.20 bits per heavy atom. The standard InChI is InChI=1S/C33H41FN4O5Si/c1-9-41-31(39)33(25-11-13-26(34)14-12-25)38-20-27(42-44(7,8)32(3,4)5)18-24(30(38)36-43-33)16-23-10-15-28(29(17-23)40-6)37-19-22(2)35-21-37/h10-17,19,21,27H,9,18,20H2,1-8H3/t27-,33+/m1/s1. The van der Waals surface area contributed by atoms with Gasteiger partial charge in [-0.2, -0.15) is 0 Å². The van der Waals surface area contributed by atoms with Crippen molar-refractivity contribution >= 4 is 26.2 Å². The van der Waals surface area contributed by atoms with Crippen LogP contribution in [-0.4, -0.2) is 60.9 Å². The van der Waals surface area contributed by atoms with Crippen molar-refractivity contribution in [3.05, 3.63) is 83.2 Å². The maximum atomic E-state index is 14.0. The molecule has 2 atom stereocenters. The molecule has 0 bridgehead atoms. The molecule has 0 unspecified atom stereocenters. The van der Waals surface area contributed by atoms with Gasteiger partial charge in [-0.05, 0) is 80.0 Å². The predicted octanol–water partition coefficient (Wildman–Crippen LogP) is 6.57. The molecule has 0 saturated carbocycles. The molecule has 11 heteroatoms. The van der Waals surface area contributed by atoms with Crippen LogP contribution in [0.25, 0.3) is 11.8 Å². The average Bonchev–Trinajstić information content (AvgIpc) is 3.57. The Morgan fingerprint density at radius 3 is 2.55 bits per heavy atom. The smallest absolute Gasteiger partial charge is 0.380 e. The molecule has 3 heterocycles. The number of carbonyl (C=O) groups excluding carboxylic acids is 1. The van der Waals surface area contributed by atoms with Crippen molar-refractivity contribution in [2.75, 3.05) is 20.3 Å². The van der Waals surface area contributed by atoms with E-state index in [9.17, 15) is 9.18 Å². The number of piperidine rings is 1. The number of methoxy groups -OCH3 is 1. The van der Waals surface area contributed by atoms with E-state index in [0.29, 0.717) is 30.1 Å². The van der Waals surface area contributed by atoms with Gasteiger partial charge in [0.2, 0.25) is 0 Å². The number of amidine groups is 1. The van der Waals surface area contributed by atoms with Crippen LogP contribution in [0.5, 0.6) is 5.75 Å². The lowest BCUT2D eigenvalue weighted by molar-refractivity contribution is -0.190. The van der Waals surface area contributed by atoms with Crippen LogP contribution in [-0.2, 0) is 24.5 Å². The normalized spacial score (nSPS) is 21.1. The molecule has 1 saturated heterocycles. The van der Waals surface area contributed by atoms with Crippen molar-refractivity contribution in [1.82, 2.24) is 14.5 Å². The number of hydrogen-bond acceptors (Lipinski definition) is 8. The van der Waals surface area contributed by atoms with Crippen molar-refractivity contribution in [2.24, 2.45) is 5.16 Å².